The molecule has 2 aromatic carbocycles. The Hall–Kier alpha value is -2.28. The number of furan rings is 1. The van der Waals surface area contributed by atoms with Crippen LogP contribution in [-0.2, 0) is 9.84 Å². The Morgan fingerprint density at radius 1 is 1.08 bits per heavy atom. The predicted octanol–water partition coefficient (Wildman–Crippen LogP) is 4.65. The summed E-state index contributed by atoms with van der Waals surface area (Å²) in [5.41, 5.74) is 1.65. The van der Waals surface area contributed by atoms with Crippen LogP contribution in [0, 0.1) is 0 Å². The number of sulfone groups is 1. The summed E-state index contributed by atoms with van der Waals surface area (Å²) in [5.74, 6) is 0. The van der Waals surface area contributed by atoms with E-state index in [0.717, 1.165) is 6.26 Å². The van der Waals surface area contributed by atoms with E-state index in [0.29, 0.717) is 38.2 Å². The zero-order valence-electron chi connectivity index (χ0n) is 13.3. The maximum absolute atomic E-state index is 12.4. The van der Waals surface area contributed by atoms with Crippen LogP contribution in [-0.4, -0.2) is 19.7 Å². The number of fused-ring (bicyclic) bond motifs is 3. The fourth-order valence-corrected chi connectivity index (χ4v) is 3.97. The second kappa shape index (κ2) is 5.87. The van der Waals surface area contributed by atoms with Crippen molar-refractivity contribution in [2.75, 3.05) is 6.26 Å². The summed E-state index contributed by atoms with van der Waals surface area (Å²) >= 11 is 12.3. The number of hydrogen-bond acceptors (Lipinski definition) is 4. The number of rotatable bonds is 2. The molecule has 0 atom stereocenters. The van der Waals surface area contributed by atoms with Crippen LogP contribution in [0.3, 0.4) is 0 Å². The van der Waals surface area contributed by atoms with Crippen LogP contribution in [0.4, 0.5) is 0 Å². The van der Waals surface area contributed by atoms with Gasteiger partial charge in [-0.3, -0.25) is 4.79 Å². The monoisotopic (exact) mass is 407 g/mol. The molecule has 0 saturated carbocycles. The van der Waals surface area contributed by atoms with Crippen LogP contribution in [0.15, 0.2) is 56.6 Å². The van der Waals surface area contributed by atoms with Gasteiger partial charge in [0.05, 0.1) is 16.0 Å². The topological polar surface area (TPSA) is 80.1 Å². The van der Waals surface area contributed by atoms with Crippen molar-refractivity contribution in [3.05, 3.63) is 62.9 Å². The van der Waals surface area contributed by atoms with Crippen LogP contribution >= 0.6 is 23.2 Å². The van der Waals surface area contributed by atoms with Gasteiger partial charge in [-0.2, -0.15) is 0 Å². The van der Waals surface area contributed by atoms with Gasteiger partial charge in [-0.05, 0) is 35.9 Å². The molecule has 4 rings (SSSR count). The molecular weight excluding hydrogens is 397 g/mol. The molecule has 0 bridgehead atoms. The third-order valence-corrected chi connectivity index (χ3v) is 5.79. The molecule has 0 fully saturated rings. The largest absolute Gasteiger partial charge is 0.454 e. The van der Waals surface area contributed by atoms with Gasteiger partial charge < -0.3 is 9.40 Å². The second-order valence-electron chi connectivity index (χ2n) is 5.89. The fraction of sp³-hybridized carbons (Fsp3) is 0.0556. The number of nitrogens with one attached hydrogen (secondary N) is 1. The highest BCUT2D eigenvalue weighted by Crippen LogP contribution is 2.38. The van der Waals surface area contributed by atoms with Crippen molar-refractivity contribution in [3.8, 4) is 11.1 Å². The highest BCUT2D eigenvalue weighted by Gasteiger charge is 2.20. The van der Waals surface area contributed by atoms with E-state index in [-0.39, 0.29) is 9.92 Å². The molecule has 8 heteroatoms. The van der Waals surface area contributed by atoms with E-state index < -0.39 is 15.4 Å². The quantitative estimate of drug-likeness (QED) is 0.524. The lowest BCUT2D eigenvalue weighted by molar-refractivity contribution is 0.602. The molecule has 0 saturated heterocycles. The number of benzene rings is 2. The van der Waals surface area contributed by atoms with Crippen LogP contribution in [0.1, 0.15) is 0 Å². The fourth-order valence-electron chi connectivity index (χ4n) is 2.89. The lowest BCUT2D eigenvalue weighted by Gasteiger charge is -2.07. The minimum absolute atomic E-state index is 0.0756. The van der Waals surface area contributed by atoms with Crippen LogP contribution < -0.4 is 5.56 Å². The molecule has 4 aromatic rings. The van der Waals surface area contributed by atoms with E-state index in [1.54, 1.807) is 30.3 Å². The molecular formula is C18H11Cl2NO4S. The van der Waals surface area contributed by atoms with E-state index in [4.69, 9.17) is 27.6 Å². The molecule has 0 aliphatic carbocycles. The van der Waals surface area contributed by atoms with Crippen molar-refractivity contribution >= 4 is 55.1 Å². The highest BCUT2D eigenvalue weighted by atomic mass is 35.5. The van der Waals surface area contributed by atoms with Gasteiger partial charge in [-0.1, -0.05) is 35.3 Å². The van der Waals surface area contributed by atoms with Gasteiger partial charge in [0.25, 0.3) is 5.56 Å². The van der Waals surface area contributed by atoms with Crippen molar-refractivity contribution in [2.24, 2.45) is 0 Å². The van der Waals surface area contributed by atoms with Gasteiger partial charge >= 0.3 is 0 Å². The zero-order chi connectivity index (χ0) is 18.6. The molecule has 1 N–H and O–H groups in total. The van der Waals surface area contributed by atoms with Crippen molar-refractivity contribution in [1.29, 1.82) is 0 Å². The molecule has 26 heavy (non-hydrogen) atoms. The van der Waals surface area contributed by atoms with Crippen molar-refractivity contribution in [2.45, 2.75) is 4.90 Å². The number of pyridine rings is 1. The minimum atomic E-state index is -3.42. The van der Waals surface area contributed by atoms with E-state index in [9.17, 15) is 13.2 Å². The lowest BCUT2D eigenvalue weighted by Crippen LogP contribution is -2.07. The molecule has 5 nitrogen and oxygen atoms in total. The number of halogens is 2. The first-order chi connectivity index (χ1) is 12.3. The summed E-state index contributed by atoms with van der Waals surface area (Å²) in [5, 5.41) is 1.06. The summed E-state index contributed by atoms with van der Waals surface area (Å²) in [4.78, 5) is 15.2. The summed E-state index contributed by atoms with van der Waals surface area (Å²) in [7, 11) is -3.42. The Labute approximate surface area is 158 Å². The number of aromatic amines is 1. The Balaban J connectivity index is 2.14. The number of hydrogen-bond donors (Lipinski definition) is 1. The summed E-state index contributed by atoms with van der Waals surface area (Å²) in [6.07, 6.45) is 1.12. The molecule has 2 heterocycles. The molecule has 0 radical (unpaired) electrons. The van der Waals surface area contributed by atoms with Gasteiger partial charge in [0.1, 0.15) is 10.6 Å². The normalized spacial score (nSPS) is 12.1. The Morgan fingerprint density at radius 2 is 1.85 bits per heavy atom. The number of H-pyrrole nitrogens is 1. The van der Waals surface area contributed by atoms with Gasteiger partial charge in [-0.15, -0.1) is 0 Å². The third-order valence-electron chi connectivity index (χ3n) is 4.09. The SMILES string of the molecule is CS(=O)(=O)c1cccc(-c2c(Cl)c(=O)[nH]c3c2oc2ccc(Cl)cc23)c1. The van der Waals surface area contributed by atoms with Crippen LogP contribution in [0.25, 0.3) is 33.2 Å². The van der Waals surface area contributed by atoms with Gasteiger partial charge in [0.15, 0.2) is 15.4 Å². The summed E-state index contributed by atoms with van der Waals surface area (Å²) < 4.78 is 29.6. The van der Waals surface area contributed by atoms with Crippen molar-refractivity contribution in [1.82, 2.24) is 4.98 Å². The van der Waals surface area contributed by atoms with Crippen LogP contribution in [0.5, 0.6) is 0 Å². The molecule has 0 unspecified atom stereocenters. The molecule has 0 amide bonds. The highest BCUT2D eigenvalue weighted by molar-refractivity contribution is 7.90. The Morgan fingerprint density at radius 3 is 2.58 bits per heavy atom. The zero-order valence-corrected chi connectivity index (χ0v) is 15.7. The second-order valence-corrected chi connectivity index (χ2v) is 8.72. The average Bonchev–Trinajstić information content (AvgIpc) is 2.92. The molecule has 0 aliphatic rings. The van der Waals surface area contributed by atoms with Crippen molar-refractivity contribution in [3.63, 3.8) is 0 Å². The van der Waals surface area contributed by atoms with E-state index in [1.807, 2.05) is 0 Å². The summed E-state index contributed by atoms with van der Waals surface area (Å²) in [6.45, 7) is 0. The average molecular weight is 408 g/mol. The maximum atomic E-state index is 12.4. The number of aromatic nitrogens is 1. The smallest absolute Gasteiger partial charge is 0.268 e. The molecule has 0 spiro atoms. The first-order valence-electron chi connectivity index (χ1n) is 7.50. The first-order valence-corrected chi connectivity index (χ1v) is 10.1. The Bertz CT molecular complexity index is 1350. The van der Waals surface area contributed by atoms with Crippen molar-refractivity contribution < 1.29 is 12.8 Å². The molecule has 132 valence electrons. The van der Waals surface area contributed by atoms with E-state index in [1.165, 1.54) is 12.1 Å². The van der Waals surface area contributed by atoms with E-state index >= 15 is 0 Å². The standard InChI is InChI=1S/C18H11Cl2NO4S/c1-26(23,24)11-4-2-3-9(7-11)14-15(20)18(22)21-16-12-8-10(19)5-6-13(12)25-17(14)16/h2-8H,1H3,(H,21,22). The summed E-state index contributed by atoms with van der Waals surface area (Å²) in [6, 6.07) is 11.3. The Kier molecular flexibility index (Phi) is 3.87. The minimum Gasteiger partial charge on any atom is -0.454 e. The maximum Gasteiger partial charge on any atom is 0.268 e. The molecule has 0 aliphatic heterocycles. The van der Waals surface area contributed by atoms with Gasteiger partial charge in [-0.25, -0.2) is 8.42 Å². The first kappa shape index (κ1) is 17.1. The van der Waals surface area contributed by atoms with E-state index in [2.05, 4.69) is 4.98 Å². The van der Waals surface area contributed by atoms with Gasteiger partial charge in [0, 0.05) is 16.7 Å². The third kappa shape index (κ3) is 2.70. The lowest BCUT2D eigenvalue weighted by atomic mass is 10.1. The molecule has 2 aromatic heterocycles. The van der Waals surface area contributed by atoms with Crippen LogP contribution in [0.2, 0.25) is 10.0 Å². The van der Waals surface area contributed by atoms with Gasteiger partial charge in [0.2, 0.25) is 0 Å². The predicted molar refractivity (Wildman–Crippen MR) is 103 cm³/mol.